The molecule has 0 aliphatic heterocycles. The van der Waals surface area contributed by atoms with Crippen molar-refractivity contribution in [1.29, 1.82) is 0 Å². The largest absolute Gasteiger partial charge is 0.354 e. The maximum Gasteiger partial charge on any atom is 0.220 e. The SMILES string of the molecule is CCCCCCCCCCC=CCCCCCCCC(=O)NCCNC(=O)CCCCCCCC=CCCCCCCCCCC. The average Bonchev–Trinajstić information content (AvgIpc) is 3.06. The second kappa shape index (κ2) is 39.6. The molecule has 0 bridgehead atoms. The van der Waals surface area contributed by atoms with Crippen LogP contribution in [0.2, 0.25) is 0 Å². The standard InChI is InChI=1S/C42H80N2O2/c1-3-5-7-9-11-13-15-17-19-21-23-25-27-29-31-33-35-37-41(45)43-39-40-44-42(46)38-36-34-32-30-28-26-24-22-20-18-16-14-12-10-8-6-4-2/h21-24H,3-20,25-40H2,1-2H3,(H,43,45)(H,44,46). The van der Waals surface area contributed by atoms with E-state index in [1.54, 1.807) is 0 Å². The lowest BCUT2D eigenvalue weighted by Crippen LogP contribution is -2.34. The van der Waals surface area contributed by atoms with E-state index in [1.165, 1.54) is 167 Å². The van der Waals surface area contributed by atoms with Gasteiger partial charge in [0, 0.05) is 25.9 Å². The molecule has 0 aliphatic rings. The summed E-state index contributed by atoms with van der Waals surface area (Å²) in [4.78, 5) is 24.1. The predicted molar refractivity (Wildman–Crippen MR) is 203 cm³/mol. The predicted octanol–water partition coefficient (Wildman–Crippen LogP) is 12.9. The van der Waals surface area contributed by atoms with E-state index < -0.39 is 0 Å². The Morgan fingerprint density at radius 3 is 0.870 bits per heavy atom. The number of rotatable bonds is 37. The zero-order valence-corrected chi connectivity index (χ0v) is 31.2. The Labute approximate surface area is 288 Å². The summed E-state index contributed by atoms with van der Waals surface area (Å²) in [7, 11) is 0. The Morgan fingerprint density at radius 1 is 0.348 bits per heavy atom. The lowest BCUT2D eigenvalue weighted by Gasteiger charge is -2.07. The van der Waals surface area contributed by atoms with Gasteiger partial charge in [0.2, 0.25) is 11.8 Å². The van der Waals surface area contributed by atoms with Gasteiger partial charge in [-0.1, -0.05) is 167 Å². The molecule has 0 rings (SSSR count). The number of amides is 2. The molecule has 0 aromatic carbocycles. The highest BCUT2D eigenvalue weighted by Gasteiger charge is 2.03. The minimum atomic E-state index is 0.112. The molecule has 0 fully saturated rings. The minimum Gasteiger partial charge on any atom is -0.354 e. The van der Waals surface area contributed by atoms with Gasteiger partial charge in [-0.05, 0) is 64.2 Å². The van der Waals surface area contributed by atoms with E-state index >= 15 is 0 Å². The molecule has 0 heterocycles. The van der Waals surface area contributed by atoms with Gasteiger partial charge in [0.05, 0.1) is 0 Å². The molecule has 0 radical (unpaired) electrons. The summed E-state index contributed by atoms with van der Waals surface area (Å²) in [5.74, 6) is 0.224. The Hall–Kier alpha value is -1.58. The summed E-state index contributed by atoms with van der Waals surface area (Å²) in [6, 6.07) is 0. The van der Waals surface area contributed by atoms with Gasteiger partial charge in [0.15, 0.2) is 0 Å². The first-order valence-electron chi connectivity index (χ1n) is 20.5. The van der Waals surface area contributed by atoms with Gasteiger partial charge in [-0.15, -0.1) is 0 Å². The van der Waals surface area contributed by atoms with Crippen molar-refractivity contribution in [3.8, 4) is 0 Å². The first kappa shape index (κ1) is 44.4. The van der Waals surface area contributed by atoms with Crippen LogP contribution in [0.3, 0.4) is 0 Å². The van der Waals surface area contributed by atoms with E-state index in [2.05, 4.69) is 48.8 Å². The van der Waals surface area contributed by atoms with Gasteiger partial charge >= 0.3 is 0 Å². The zero-order chi connectivity index (χ0) is 33.4. The van der Waals surface area contributed by atoms with Crippen LogP contribution in [0.4, 0.5) is 0 Å². The van der Waals surface area contributed by atoms with Crippen LogP contribution < -0.4 is 10.6 Å². The van der Waals surface area contributed by atoms with Crippen LogP contribution in [0.1, 0.15) is 219 Å². The normalized spacial score (nSPS) is 11.6. The molecule has 270 valence electrons. The number of carbonyl (C=O) groups is 2. The summed E-state index contributed by atoms with van der Waals surface area (Å²) in [6.07, 6.45) is 49.5. The minimum absolute atomic E-state index is 0.112. The summed E-state index contributed by atoms with van der Waals surface area (Å²) < 4.78 is 0. The van der Waals surface area contributed by atoms with E-state index in [0.717, 1.165) is 25.7 Å². The van der Waals surface area contributed by atoms with Crippen molar-refractivity contribution in [2.75, 3.05) is 13.1 Å². The monoisotopic (exact) mass is 645 g/mol. The number of carbonyl (C=O) groups excluding carboxylic acids is 2. The van der Waals surface area contributed by atoms with Crippen molar-refractivity contribution in [3.05, 3.63) is 24.3 Å². The molecule has 0 unspecified atom stereocenters. The highest BCUT2D eigenvalue weighted by atomic mass is 16.2. The molecule has 4 heteroatoms. The van der Waals surface area contributed by atoms with Crippen molar-refractivity contribution < 1.29 is 9.59 Å². The maximum atomic E-state index is 12.1. The van der Waals surface area contributed by atoms with Gasteiger partial charge in [-0.3, -0.25) is 9.59 Å². The van der Waals surface area contributed by atoms with Crippen molar-refractivity contribution in [2.24, 2.45) is 0 Å². The fraction of sp³-hybridized carbons (Fsp3) is 0.857. The number of unbranched alkanes of at least 4 members (excludes halogenated alkanes) is 26. The van der Waals surface area contributed by atoms with Gasteiger partial charge in [-0.2, -0.15) is 0 Å². The lowest BCUT2D eigenvalue weighted by molar-refractivity contribution is -0.123. The van der Waals surface area contributed by atoms with Gasteiger partial charge < -0.3 is 10.6 Å². The Kier molecular flexibility index (Phi) is 38.2. The average molecular weight is 645 g/mol. The van der Waals surface area contributed by atoms with E-state index in [4.69, 9.17) is 0 Å². The van der Waals surface area contributed by atoms with Crippen molar-refractivity contribution in [1.82, 2.24) is 10.6 Å². The molecule has 0 saturated carbocycles. The van der Waals surface area contributed by atoms with Crippen LogP contribution in [-0.2, 0) is 9.59 Å². The van der Waals surface area contributed by atoms with Crippen LogP contribution in [0.25, 0.3) is 0 Å². The summed E-state index contributed by atoms with van der Waals surface area (Å²) in [6.45, 7) is 5.62. The summed E-state index contributed by atoms with van der Waals surface area (Å²) in [5.41, 5.74) is 0. The van der Waals surface area contributed by atoms with Crippen LogP contribution in [-0.4, -0.2) is 24.9 Å². The van der Waals surface area contributed by atoms with E-state index in [9.17, 15) is 9.59 Å². The molecule has 2 amide bonds. The van der Waals surface area contributed by atoms with Crippen LogP contribution in [0.5, 0.6) is 0 Å². The molecule has 0 atom stereocenters. The van der Waals surface area contributed by atoms with Crippen molar-refractivity contribution in [2.45, 2.75) is 219 Å². The molecular weight excluding hydrogens is 564 g/mol. The number of hydrogen-bond acceptors (Lipinski definition) is 2. The molecule has 2 N–H and O–H groups in total. The molecular formula is C42H80N2O2. The number of hydrogen-bond donors (Lipinski definition) is 2. The lowest BCUT2D eigenvalue weighted by atomic mass is 10.1. The third-order valence-electron chi connectivity index (χ3n) is 9.10. The third-order valence-corrected chi connectivity index (χ3v) is 9.10. The maximum absolute atomic E-state index is 12.1. The second-order valence-electron chi connectivity index (χ2n) is 13.8. The zero-order valence-electron chi connectivity index (χ0n) is 31.2. The van der Waals surface area contributed by atoms with Crippen LogP contribution in [0.15, 0.2) is 24.3 Å². The number of allylic oxidation sites excluding steroid dienone is 4. The molecule has 0 spiro atoms. The highest BCUT2D eigenvalue weighted by Crippen LogP contribution is 2.13. The summed E-state index contributed by atoms with van der Waals surface area (Å²) in [5, 5.41) is 5.90. The quantitative estimate of drug-likeness (QED) is 0.0522. The topological polar surface area (TPSA) is 58.2 Å². The summed E-state index contributed by atoms with van der Waals surface area (Å²) >= 11 is 0. The fourth-order valence-corrected chi connectivity index (χ4v) is 6.00. The van der Waals surface area contributed by atoms with Gasteiger partial charge in [-0.25, -0.2) is 0 Å². The second-order valence-corrected chi connectivity index (χ2v) is 13.8. The molecule has 0 aromatic heterocycles. The first-order chi connectivity index (χ1) is 22.7. The number of nitrogens with one attached hydrogen (secondary N) is 2. The Bertz CT molecular complexity index is 629. The van der Waals surface area contributed by atoms with Crippen molar-refractivity contribution in [3.63, 3.8) is 0 Å². The first-order valence-corrected chi connectivity index (χ1v) is 20.5. The Morgan fingerprint density at radius 2 is 0.587 bits per heavy atom. The van der Waals surface area contributed by atoms with E-state index in [0.29, 0.717) is 25.9 Å². The molecule has 0 aromatic rings. The Balaban J connectivity index is 3.33. The molecule has 4 nitrogen and oxygen atoms in total. The fourth-order valence-electron chi connectivity index (χ4n) is 6.00. The van der Waals surface area contributed by atoms with Crippen molar-refractivity contribution >= 4 is 11.8 Å². The van der Waals surface area contributed by atoms with E-state index in [-0.39, 0.29) is 11.8 Å². The molecule has 0 saturated heterocycles. The molecule has 46 heavy (non-hydrogen) atoms. The highest BCUT2D eigenvalue weighted by molar-refractivity contribution is 5.77. The third kappa shape index (κ3) is 38.6. The van der Waals surface area contributed by atoms with Crippen LogP contribution >= 0.6 is 0 Å². The van der Waals surface area contributed by atoms with Crippen LogP contribution in [0, 0.1) is 0 Å². The molecule has 0 aliphatic carbocycles. The van der Waals surface area contributed by atoms with Gasteiger partial charge in [0.1, 0.15) is 0 Å². The van der Waals surface area contributed by atoms with E-state index in [1.807, 2.05) is 0 Å². The smallest absolute Gasteiger partial charge is 0.220 e. The van der Waals surface area contributed by atoms with Gasteiger partial charge in [0.25, 0.3) is 0 Å².